The molecular weight excluding hydrogens is 374 g/mol. The largest absolute Gasteiger partial charge is 0.459 e. The summed E-state index contributed by atoms with van der Waals surface area (Å²) >= 11 is 1.42. The lowest BCUT2D eigenvalue weighted by atomic mass is 10.2. The quantitative estimate of drug-likeness (QED) is 0.445. The average Bonchev–Trinajstić information content (AvgIpc) is 3.27. The topological polar surface area (TPSA) is 85.0 Å². The highest BCUT2D eigenvalue weighted by Gasteiger charge is 2.18. The Balaban J connectivity index is 1.66. The highest BCUT2D eigenvalue weighted by molar-refractivity contribution is 7.14. The number of para-hydroxylation sites is 1. The van der Waals surface area contributed by atoms with E-state index in [-0.39, 0.29) is 25.2 Å². The Bertz CT molecular complexity index is 1040. The predicted molar refractivity (Wildman–Crippen MR) is 105 cm³/mol. The van der Waals surface area contributed by atoms with Crippen molar-refractivity contribution in [1.82, 2.24) is 9.78 Å². The van der Waals surface area contributed by atoms with Gasteiger partial charge in [0.25, 0.3) is 0 Å². The number of rotatable bonds is 7. The predicted octanol–water partition coefficient (Wildman–Crippen LogP) is 4.13. The molecule has 0 amide bonds. The molecule has 3 aromatic rings. The van der Waals surface area contributed by atoms with Gasteiger partial charge in [-0.1, -0.05) is 18.2 Å². The first-order valence-corrected chi connectivity index (χ1v) is 9.60. The van der Waals surface area contributed by atoms with Gasteiger partial charge in [-0.15, -0.1) is 11.3 Å². The second-order valence-electron chi connectivity index (χ2n) is 6.26. The molecule has 0 N–H and O–H groups in total. The number of ketones is 1. The van der Waals surface area contributed by atoms with Crippen LogP contribution in [0.4, 0.5) is 0 Å². The Morgan fingerprint density at radius 1 is 1.14 bits per heavy atom. The van der Waals surface area contributed by atoms with Crippen molar-refractivity contribution >= 4 is 23.1 Å². The van der Waals surface area contributed by atoms with Crippen molar-refractivity contribution in [2.75, 3.05) is 0 Å². The Morgan fingerprint density at radius 2 is 1.89 bits per heavy atom. The molecule has 0 fully saturated rings. The van der Waals surface area contributed by atoms with E-state index in [1.54, 1.807) is 17.7 Å². The highest BCUT2D eigenvalue weighted by Crippen LogP contribution is 2.20. The molecule has 6 nitrogen and oxygen atoms in total. The van der Waals surface area contributed by atoms with Crippen LogP contribution in [0.15, 0.2) is 42.5 Å². The van der Waals surface area contributed by atoms with Crippen LogP contribution < -0.4 is 0 Å². The van der Waals surface area contributed by atoms with Gasteiger partial charge in [0.1, 0.15) is 18.2 Å². The number of hydrogen-bond acceptors (Lipinski definition) is 6. The minimum Gasteiger partial charge on any atom is -0.459 e. The van der Waals surface area contributed by atoms with E-state index >= 15 is 0 Å². The maximum atomic E-state index is 12.1. The lowest BCUT2D eigenvalue weighted by molar-refractivity contribution is -0.145. The van der Waals surface area contributed by atoms with Crippen LogP contribution >= 0.6 is 11.3 Å². The van der Waals surface area contributed by atoms with Crippen LogP contribution in [0.3, 0.4) is 0 Å². The molecule has 1 aromatic carbocycles. The summed E-state index contributed by atoms with van der Waals surface area (Å²) in [5.41, 5.74) is 2.25. The summed E-state index contributed by atoms with van der Waals surface area (Å²) in [7, 11) is 0. The van der Waals surface area contributed by atoms with E-state index in [0.717, 1.165) is 10.6 Å². The molecule has 0 unspecified atom stereocenters. The van der Waals surface area contributed by atoms with E-state index < -0.39 is 5.97 Å². The van der Waals surface area contributed by atoms with Gasteiger partial charge in [-0.05, 0) is 38.1 Å². The highest BCUT2D eigenvalue weighted by atomic mass is 32.1. The van der Waals surface area contributed by atoms with Gasteiger partial charge < -0.3 is 4.74 Å². The molecule has 28 heavy (non-hydrogen) atoms. The molecule has 0 saturated heterocycles. The number of thiophene rings is 1. The number of hydrogen-bond donors (Lipinski definition) is 0. The minimum atomic E-state index is -0.482. The van der Waals surface area contributed by atoms with E-state index in [9.17, 15) is 14.9 Å². The van der Waals surface area contributed by atoms with Crippen LogP contribution in [0, 0.1) is 25.2 Å². The standard InChI is InChI=1S/C21H19N3O3S/c1-14-8-10-20(28-14)19(25)9-11-21(26)27-13-18-17(12-22)15(2)23-24(18)16-6-4-3-5-7-16/h3-8,10H,9,11,13H2,1-2H3. The van der Waals surface area contributed by atoms with Crippen LogP contribution in [-0.2, 0) is 16.1 Å². The summed E-state index contributed by atoms with van der Waals surface area (Å²) in [5, 5.41) is 13.8. The van der Waals surface area contributed by atoms with Crippen molar-refractivity contribution in [3.63, 3.8) is 0 Å². The first-order chi connectivity index (χ1) is 13.5. The molecule has 0 aliphatic carbocycles. The molecule has 0 spiro atoms. The molecule has 0 radical (unpaired) electrons. The molecule has 7 heteroatoms. The molecule has 0 atom stereocenters. The van der Waals surface area contributed by atoms with Crippen LogP contribution in [-0.4, -0.2) is 21.5 Å². The number of ether oxygens (including phenoxy) is 1. The van der Waals surface area contributed by atoms with E-state index in [1.165, 1.54) is 11.3 Å². The zero-order valence-corrected chi connectivity index (χ0v) is 16.5. The van der Waals surface area contributed by atoms with Crippen LogP contribution in [0.1, 0.15) is 44.3 Å². The maximum absolute atomic E-state index is 12.1. The Hall–Kier alpha value is -3.24. The third kappa shape index (κ3) is 4.35. The molecule has 0 aliphatic heterocycles. The number of nitrogens with zero attached hydrogens (tertiary/aromatic N) is 3. The molecule has 2 heterocycles. The fourth-order valence-electron chi connectivity index (χ4n) is 2.78. The normalized spacial score (nSPS) is 10.5. The van der Waals surface area contributed by atoms with Crippen LogP contribution in [0.2, 0.25) is 0 Å². The number of Topliss-reactive ketones (excluding diaryl/α,β-unsaturated/α-hetero) is 1. The van der Waals surface area contributed by atoms with Crippen molar-refractivity contribution in [3.05, 3.63) is 69.2 Å². The molecule has 142 valence electrons. The lowest BCUT2D eigenvalue weighted by Crippen LogP contribution is -2.11. The Morgan fingerprint density at radius 3 is 2.54 bits per heavy atom. The molecule has 0 saturated carbocycles. The minimum absolute atomic E-state index is 0.00385. The third-order valence-corrected chi connectivity index (χ3v) is 5.25. The first kappa shape index (κ1) is 19.5. The smallest absolute Gasteiger partial charge is 0.306 e. The van der Waals surface area contributed by atoms with E-state index in [1.807, 2.05) is 43.3 Å². The summed E-state index contributed by atoms with van der Waals surface area (Å²) in [4.78, 5) is 26.0. The number of aryl methyl sites for hydroxylation is 2. The van der Waals surface area contributed by atoms with Gasteiger partial charge in [0.05, 0.1) is 28.4 Å². The summed E-state index contributed by atoms with van der Waals surface area (Å²) in [5.74, 6) is -0.554. The number of aromatic nitrogens is 2. The average molecular weight is 393 g/mol. The summed E-state index contributed by atoms with van der Waals surface area (Å²) in [6, 6.07) is 15.1. The maximum Gasteiger partial charge on any atom is 0.306 e. The van der Waals surface area contributed by atoms with Crippen molar-refractivity contribution < 1.29 is 14.3 Å². The summed E-state index contributed by atoms with van der Waals surface area (Å²) < 4.78 is 6.95. The number of carbonyl (C=O) groups excluding carboxylic acids is 2. The SMILES string of the molecule is Cc1ccc(C(=O)CCC(=O)OCc2c(C#N)c(C)nn2-c2ccccc2)s1. The van der Waals surface area contributed by atoms with E-state index in [0.29, 0.717) is 21.8 Å². The fourth-order valence-corrected chi connectivity index (χ4v) is 3.62. The monoisotopic (exact) mass is 393 g/mol. The molecule has 0 bridgehead atoms. The van der Waals surface area contributed by atoms with Crippen LogP contribution in [0.5, 0.6) is 0 Å². The van der Waals surface area contributed by atoms with Gasteiger partial charge in [0, 0.05) is 11.3 Å². The molecule has 3 rings (SSSR count). The van der Waals surface area contributed by atoms with Crippen molar-refractivity contribution in [1.29, 1.82) is 5.26 Å². The zero-order valence-electron chi connectivity index (χ0n) is 15.6. The van der Waals surface area contributed by atoms with Gasteiger partial charge in [0.15, 0.2) is 5.78 Å². The van der Waals surface area contributed by atoms with Gasteiger partial charge in [-0.3, -0.25) is 9.59 Å². The van der Waals surface area contributed by atoms with Crippen LogP contribution in [0.25, 0.3) is 5.69 Å². The van der Waals surface area contributed by atoms with E-state index in [2.05, 4.69) is 11.2 Å². The van der Waals surface area contributed by atoms with Gasteiger partial charge in [-0.25, -0.2) is 4.68 Å². The second kappa shape index (κ2) is 8.63. The summed E-state index contributed by atoms with van der Waals surface area (Å²) in [6.45, 7) is 3.59. The number of nitriles is 1. The van der Waals surface area contributed by atoms with Gasteiger partial charge >= 0.3 is 5.97 Å². The number of esters is 1. The zero-order chi connectivity index (χ0) is 20.1. The molecule has 2 aromatic heterocycles. The van der Waals surface area contributed by atoms with Crippen molar-refractivity contribution in [2.24, 2.45) is 0 Å². The fraction of sp³-hybridized carbons (Fsp3) is 0.238. The van der Waals surface area contributed by atoms with Gasteiger partial charge in [-0.2, -0.15) is 10.4 Å². The van der Waals surface area contributed by atoms with Crippen molar-refractivity contribution in [2.45, 2.75) is 33.3 Å². The van der Waals surface area contributed by atoms with Gasteiger partial charge in [0.2, 0.25) is 0 Å². The molecular formula is C21H19N3O3S. The number of benzene rings is 1. The Labute approximate surface area is 167 Å². The number of carbonyl (C=O) groups is 2. The van der Waals surface area contributed by atoms with E-state index in [4.69, 9.17) is 4.74 Å². The van der Waals surface area contributed by atoms with Crippen molar-refractivity contribution in [3.8, 4) is 11.8 Å². The summed E-state index contributed by atoms with van der Waals surface area (Å²) in [6.07, 6.45) is 0.0942. The third-order valence-electron chi connectivity index (χ3n) is 4.21. The lowest BCUT2D eigenvalue weighted by Gasteiger charge is -2.09. The molecule has 0 aliphatic rings. The second-order valence-corrected chi connectivity index (χ2v) is 7.55. The Kier molecular flexibility index (Phi) is 6.02. The first-order valence-electron chi connectivity index (χ1n) is 8.79.